The zero-order chi connectivity index (χ0) is 25.3. The number of halogens is 1. The van der Waals surface area contributed by atoms with Crippen LogP contribution in [-0.2, 0) is 14.3 Å². The Morgan fingerprint density at radius 1 is 1.03 bits per heavy atom. The topological polar surface area (TPSA) is 60.8 Å². The number of aromatic nitrogens is 1. The summed E-state index contributed by atoms with van der Waals surface area (Å²) in [7, 11) is 1.31. The van der Waals surface area contributed by atoms with Gasteiger partial charge >= 0.3 is 5.97 Å². The van der Waals surface area contributed by atoms with E-state index >= 15 is 0 Å². The average molecular weight is 491 g/mol. The number of amides is 1. The number of carbonyl (C=O) groups excluding carboxylic acids is 2. The molecule has 0 fully saturated rings. The molecule has 180 valence electrons. The molecule has 35 heavy (non-hydrogen) atoms. The first-order valence-corrected chi connectivity index (χ1v) is 11.7. The third-order valence-corrected chi connectivity index (χ3v) is 6.27. The maximum Gasteiger partial charge on any atom is 0.340 e. The van der Waals surface area contributed by atoms with Crippen molar-refractivity contribution >= 4 is 35.2 Å². The molecule has 6 nitrogen and oxygen atoms in total. The lowest BCUT2D eigenvalue weighted by Gasteiger charge is -2.18. The molecule has 7 heteroatoms. The number of hydrogen-bond donors (Lipinski definition) is 0. The summed E-state index contributed by atoms with van der Waals surface area (Å²) in [6.07, 6.45) is 1.76. The Kier molecular flexibility index (Phi) is 6.85. The van der Waals surface area contributed by atoms with Crippen LogP contribution in [0.15, 0.2) is 71.4 Å². The number of benzene rings is 2. The first-order chi connectivity index (χ1) is 16.8. The van der Waals surface area contributed by atoms with E-state index in [1.807, 2.05) is 51.1 Å². The van der Waals surface area contributed by atoms with Gasteiger partial charge in [-0.25, -0.2) is 4.79 Å². The predicted octanol–water partition coefficient (Wildman–Crippen LogP) is 6.02. The number of aryl methyl sites for hydroxylation is 1. The Hall–Kier alpha value is -3.77. The number of hydrogen-bond acceptors (Lipinski definition) is 4. The molecular formula is C28H27ClN2O4. The number of ether oxygens (including phenoxy) is 2. The van der Waals surface area contributed by atoms with E-state index in [4.69, 9.17) is 21.1 Å². The standard InChI is InChI=1S/C28H27ClN2O4/c1-6-35-24-12-10-22(11-13-24)30-17(2)14-20(18(30)3)15-25-26(28(33)34-5)19(4)31(27(25)32)23-9-7-8-21(29)16-23/h7-16H,6H2,1-5H3. The second-order valence-electron chi connectivity index (χ2n) is 8.22. The van der Waals surface area contributed by atoms with E-state index in [9.17, 15) is 9.59 Å². The molecule has 3 aromatic rings. The number of rotatable bonds is 6. The van der Waals surface area contributed by atoms with Gasteiger partial charge in [0, 0.05) is 27.8 Å². The van der Waals surface area contributed by atoms with Crippen molar-refractivity contribution < 1.29 is 19.1 Å². The summed E-state index contributed by atoms with van der Waals surface area (Å²) in [4.78, 5) is 27.8. The van der Waals surface area contributed by atoms with E-state index in [-0.39, 0.29) is 17.1 Å². The van der Waals surface area contributed by atoms with E-state index in [1.54, 1.807) is 37.3 Å². The molecule has 2 heterocycles. The third kappa shape index (κ3) is 4.49. The Bertz CT molecular complexity index is 1370. The quantitative estimate of drug-likeness (QED) is 0.313. The summed E-state index contributed by atoms with van der Waals surface area (Å²) in [5.41, 5.74) is 5.35. The van der Waals surface area contributed by atoms with Gasteiger partial charge in [-0.3, -0.25) is 9.69 Å². The lowest BCUT2D eigenvalue weighted by atomic mass is 10.0. The van der Waals surface area contributed by atoms with Gasteiger partial charge in [-0.05, 0) is 87.9 Å². The molecule has 4 rings (SSSR count). The highest BCUT2D eigenvalue weighted by Gasteiger charge is 2.38. The fourth-order valence-corrected chi connectivity index (χ4v) is 4.64. The van der Waals surface area contributed by atoms with E-state index in [2.05, 4.69) is 4.57 Å². The van der Waals surface area contributed by atoms with Crippen molar-refractivity contribution in [3.8, 4) is 11.4 Å². The van der Waals surface area contributed by atoms with Gasteiger partial charge in [0.15, 0.2) is 0 Å². The molecule has 1 amide bonds. The minimum atomic E-state index is -0.563. The van der Waals surface area contributed by atoms with Crippen LogP contribution >= 0.6 is 11.6 Å². The molecule has 0 saturated carbocycles. The first-order valence-electron chi connectivity index (χ1n) is 11.3. The average Bonchev–Trinajstić information content (AvgIpc) is 3.25. The molecule has 0 N–H and O–H groups in total. The van der Waals surface area contributed by atoms with Crippen molar-refractivity contribution in [3.63, 3.8) is 0 Å². The largest absolute Gasteiger partial charge is 0.494 e. The van der Waals surface area contributed by atoms with Crippen molar-refractivity contribution in [1.29, 1.82) is 0 Å². The number of methoxy groups -OCH3 is 1. The molecule has 0 radical (unpaired) electrons. The lowest BCUT2D eigenvalue weighted by Crippen LogP contribution is -2.24. The van der Waals surface area contributed by atoms with Crippen LogP contribution in [0.2, 0.25) is 5.02 Å². The summed E-state index contributed by atoms with van der Waals surface area (Å²) in [6, 6.07) is 16.8. The molecule has 2 aromatic carbocycles. The predicted molar refractivity (Wildman–Crippen MR) is 138 cm³/mol. The SMILES string of the molecule is CCOc1ccc(-n2c(C)cc(C=C3C(=O)N(c4cccc(Cl)c4)C(C)=C3C(=O)OC)c2C)cc1. The Morgan fingerprint density at radius 3 is 2.37 bits per heavy atom. The normalized spacial score (nSPS) is 14.7. The number of allylic oxidation sites excluding steroid dienone is 1. The maximum atomic E-state index is 13.6. The van der Waals surface area contributed by atoms with Gasteiger partial charge in [-0.1, -0.05) is 17.7 Å². The Balaban J connectivity index is 1.80. The highest BCUT2D eigenvalue weighted by molar-refractivity contribution is 6.31. The number of esters is 1. The zero-order valence-electron chi connectivity index (χ0n) is 20.4. The molecule has 0 bridgehead atoms. The zero-order valence-corrected chi connectivity index (χ0v) is 21.1. The number of anilines is 1. The summed E-state index contributed by atoms with van der Waals surface area (Å²) in [5.74, 6) is -0.0648. The summed E-state index contributed by atoms with van der Waals surface area (Å²) in [5, 5.41) is 0.499. The third-order valence-electron chi connectivity index (χ3n) is 6.03. The van der Waals surface area contributed by atoms with Crippen LogP contribution in [0.1, 0.15) is 30.8 Å². The van der Waals surface area contributed by atoms with Gasteiger partial charge < -0.3 is 14.0 Å². The second kappa shape index (κ2) is 9.84. The molecular weight excluding hydrogens is 464 g/mol. The molecule has 1 aliphatic heterocycles. The van der Waals surface area contributed by atoms with Crippen molar-refractivity contribution in [2.45, 2.75) is 27.7 Å². The Labute approximate surface area is 210 Å². The minimum absolute atomic E-state index is 0.239. The number of nitrogens with zero attached hydrogens (tertiary/aromatic N) is 2. The van der Waals surface area contributed by atoms with E-state index in [0.29, 0.717) is 23.0 Å². The van der Waals surface area contributed by atoms with Crippen LogP contribution in [0.25, 0.3) is 11.8 Å². The van der Waals surface area contributed by atoms with E-state index < -0.39 is 5.97 Å². The van der Waals surface area contributed by atoms with Crippen LogP contribution in [0.4, 0.5) is 5.69 Å². The van der Waals surface area contributed by atoms with Crippen molar-refractivity contribution in [3.05, 3.63) is 93.4 Å². The van der Waals surface area contributed by atoms with Crippen LogP contribution in [0.5, 0.6) is 5.75 Å². The van der Waals surface area contributed by atoms with E-state index in [0.717, 1.165) is 28.4 Å². The molecule has 1 aliphatic rings. The minimum Gasteiger partial charge on any atom is -0.494 e. The molecule has 0 saturated heterocycles. The second-order valence-corrected chi connectivity index (χ2v) is 8.66. The van der Waals surface area contributed by atoms with Gasteiger partial charge in [-0.2, -0.15) is 0 Å². The van der Waals surface area contributed by atoms with Gasteiger partial charge in [-0.15, -0.1) is 0 Å². The van der Waals surface area contributed by atoms with Crippen LogP contribution in [0.3, 0.4) is 0 Å². The van der Waals surface area contributed by atoms with Crippen LogP contribution < -0.4 is 9.64 Å². The first kappa shape index (κ1) is 24.4. The molecule has 0 unspecified atom stereocenters. The molecule has 0 aliphatic carbocycles. The summed E-state index contributed by atoms with van der Waals surface area (Å²) >= 11 is 6.17. The maximum absolute atomic E-state index is 13.6. The Morgan fingerprint density at radius 2 is 1.74 bits per heavy atom. The van der Waals surface area contributed by atoms with Crippen LogP contribution in [0, 0.1) is 13.8 Å². The van der Waals surface area contributed by atoms with Crippen molar-refractivity contribution in [1.82, 2.24) is 4.57 Å². The fourth-order valence-electron chi connectivity index (χ4n) is 4.45. The lowest BCUT2D eigenvalue weighted by molar-refractivity contribution is -0.136. The highest BCUT2D eigenvalue weighted by Crippen LogP contribution is 2.37. The van der Waals surface area contributed by atoms with Gasteiger partial charge in [0.1, 0.15) is 5.75 Å². The van der Waals surface area contributed by atoms with E-state index in [1.165, 1.54) is 12.0 Å². The monoisotopic (exact) mass is 490 g/mol. The summed E-state index contributed by atoms with van der Waals surface area (Å²) in [6.45, 7) is 8.27. The van der Waals surface area contributed by atoms with Crippen molar-refractivity contribution in [2.75, 3.05) is 18.6 Å². The van der Waals surface area contributed by atoms with Crippen LogP contribution in [-0.4, -0.2) is 30.2 Å². The van der Waals surface area contributed by atoms with Gasteiger partial charge in [0.25, 0.3) is 5.91 Å². The molecule has 0 spiro atoms. The fraction of sp³-hybridized carbons (Fsp3) is 0.214. The number of carbonyl (C=O) groups is 2. The molecule has 1 aromatic heterocycles. The molecule has 0 atom stereocenters. The highest BCUT2D eigenvalue weighted by atomic mass is 35.5. The van der Waals surface area contributed by atoms with Gasteiger partial charge in [0.2, 0.25) is 0 Å². The summed E-state index contributed by atoms with van der Waals surface area (Å²) < 4.78 is 12.7. The van der Waals surface area contributed by atoms with Gasteiger partial charge in [0.05, 0.1) is 30.6 Å². The smallest absolute Gasteiger partial charge is 0.340 e. The van der Waals surface area contributed by atoms with Crippen molar-refractivity contribution in [2.24, 2.45) is 0 Å².